The maximum absolute atomic E-state index is 12.0. The van der Waals surface area contributed by atoms with Crippen molar-refractivity contribution in [1.29, 1.82) is 0 Å². The molecule has 0 bridgehead atoms. The smallest absolute Gasteiger partial charge is 0.317 e. The second-order valence-corrected chi connectivity index (χ2v) is 5.24. The number of aromatic nitrogens is 2. The molecule has 1 unspecified atom stereocenters. The summed E-state index contributed by atoms with van der Waals surface area (Å²) in [6.45, 7) is 5.61. The van der Waals surface area contributed by atoms with Gasteiger partial charge >= 0.3 is 6.03 Å². The van der Waals surface area contributed by atoms with E-state index in [1.54, 1.807) is 11.9 Å². The molecule has 1 aliphatic heterocycles. The Hall–Kier alpha value is -1.69. The van der Waals surface area contributed by atoms with Gasteiger partial charge < -0.3 is 15.0 Å². The van der Waals surface area contributed by atoms with Gasteiger partial charge in [0.1, 0.15) is 5.82 Å². The van der Waals surface area contributed by atoms with E-state index in [-0.39, 0.29) is 12.1 Å². The van der Waals surface area contributed by atoms with Crippen molar-refractivity contribution < 1.29 is 9.53 Å². The predicted molar refractivity (Wildman–Crippen MR) is 75.3 cm³/mol. The summed E-state index contributed by atoms with van der Waals surface area (Å²) in [5.74, 6) is 0.640. The first-order chi connectivity index (χ1) is 9.54. The average Bonchev–Trinajstić information content (AvgIpc) is 2.87. The van der Waals surface area contributed by atoms with Gasteiger partial charge in [0, 0.05) is 31.6 Å². The van der Waals surface area contributed by atoms with E-state index in [9.17, 15) is 4.79 Å². The molecule has 0 saturated carbocycles. The van der Waals surface area contributed by atoms with Crippen LogP contribution in [0.1, 0.15) is 30.1 Å². The third kappa shape index (κ3) is 4.16. The Morgan fingerprint density at radius 1 is 1.45 bits per heavy atom. The second kappa shape index (κ2) is 6.65. The maximum Gasteiger partial charge on any atom is 0.317 e. The number of nitrogens with zero attached hydrogens (tertiary/aromatic N) is 3. The molecular formula is C14H22N4O2. The Morgan fingerprint density at radius 2 is 2.15 bits per heavy atom. The number of ether oxygens (including phenoxy) is 1. The molecule has 0 radical (unpaired) electrons. The zero-order chi connectivity index (χ0) is 14.5. The fourth-order valence-electron chi connectivity index (χ4n) is 2.34. The molecule has 0 aromatic carbocycles. The Labute approximate surface area is 119 Å². The lowest BCUT2D eigenvalue weighted by Gasteiger charge is -2.21. The summed E-state index contributed by atoms with van der Waals surface area (Å²) in [4.78, 5) is 22.2. The molecule has 6 heteroatoms. The van der Waals surface area contributed by atoms with Crippen molar-refractivity contribution in [3.63, 3.8) is 0 Å². The Balaban J connectivity index is 1.81. The van der Waals surface area contributed by atoms with Crippen molar-refractivity contribution >= 4 is 6.03 Å². The van der Waals surface area contributed by atoms with Crippen LogP contribution in [0.15, 0.2) is 6.07 Å². The largest absolute Gasteiger partial charge is 0.376 e. The molecule has 1 aromatic heterocycles. The van der Waals surface area contributed by atoms with Crippen LogP contribution in [-0.4, -0.2) is 47.2 Å². The number of rotatable bonds is 4. The van der Waals surface area contributed by atoms with Crippen LogP contribution >= 0.6 is 0 Å². The standard InChI is InChI=1S/C14H22N4O2/c1-10-7-11(2)17-13(16-10)8-15-14(19)18(3)9-12-5-4-6-20-12/h7,12H,4-6,8-9H2,1-3H3,(H,15,19). The van der Waals surface area contributed by atoms with Gasteiger partial charge in [-0.1, -0.05) is 0 Å². The van der Waals surface area contributed by atoms with E-state index in [4.69, 9.17) is 4.74 Å². The van der Waals surface area contributed by atoms with Gasteiger partial charge in [0.2, 0.25) is 0 Å². The van der Waals surface area contributed by atoms with Crippen LogP contribution in [0.2, 0.25) is 0 Å². The molecule has 110 valence electrons. The summed E-state index contributed by atoms with van der Waals surface area (Å²) >= 11 is 0. The second-order valence-electron chi connectivity index (χ2n) is 5.24. The van der Waals surface area contributed by atoms with Crippen molar-refractivity contribution in [1.82, 2.24) is 20.2 Å². The van der Waals surface area contributed by atoms with E-state index in [2.05, 4.69) is 15.3 Å². The third-order valence-corrected chi connectivity index (χ3v) is 3.27. The maximum atomic E-state index is 12.0. The van der Waals surface area contributed by atoms with Gasteiger partial charge in [-0.3, -0.25) is 0 Å². The molecule has 1 aliphatic rings. The van der Waals surface area contributed by atoms with Crippen LogP contribution in [0.3, 0.4) is 0 Å². The van der Waals surface area contributed by atoms with Gasteiger partial charge in [-0.2, -0.15) is 0 Å². The molecular weight excluding hydrogens is 256 g/mol. The normalized spacial score (nSPS) is 18.1. The fraction of sp³-hybridized carbons (Fsp3) is 0.643. The van der Waals surface area contributed by atoms with Crippen LogP contribution in [0, 0.1) is 13.8 Å². The lowest BCUT2D eigenvalue weighted by Crippen LogP contribution is -2.41. The van der Waals surface area contributed by atoms with Crippen LogP contribution in [-0.2, 0) is 11.3 Å². The summed E-state index contributed by atoms with van der Waals surface area (Å²) in [6, 6.07) is 1.79. The van der Waals surface area contributed by atoms with Crippen molar-refractivity contribution in [2.24, 2.45) is 0 Å². The van der Waals surface area contributed by atoms with Gasteiger partial charge in [-0.25, -0.2) is 14.8 Å². The lowest BCUT2D eigenvalue weighted by molar-refractivity contribution is 0.0874. The highest BCUT2D eigenvalue weighted by atomic mass is 16.5. The molecule has 1 atom stereocenters. The summed E-state index contributed by atoms with van der Waals surface area (Å²) in [5.41, 5.74) is 1.82. The summed E-state index contributed by atoms with van der Waals surface area (Å²) < 4.78 is 5.52. The quantitative estimate of drug-likeness (QED) is 0.904. The first kappa shape index (κ1) is 14.7. The number of carbonyl (C=O) groups excluding carboxylic acids is 1. The van der Waals surface area contributed by atoms with Crippen molar-refractivity contribution in [3.8, 4) is 0 Å². The highest BCUT2D eigenvalue weighted by Gasteiger charge is 2.19. The van der Waals surface area contributed by atoms with Crippen LogP contribution in [0.25, 0.3) is 0 Å². The minimum atomic E-state index is -0.122. The molecule has 1 N–H and O–H groups in total. The van der Waals surface area contributed by atoms with E-state index >= 15 is 0 Å². The number of likely N-dealkylation sites (N-methyl/N-ethyl adjacent to an activating group) is 1. The zero-order valence-corrected chi connectivity index (χ0v) is 12.3. The van der Waals surface area contributed by atoms with E-state index < -0.39 is 0 Å². The fourth-order valence-corrected chi connectivity index (χ4v) is 2.34. The summed E-state index contributed by atoms with van der Waals surface area (Å²) in [5, 5.41) is 2.83. The Bertz CT molecular complexity index is 452. The van der Waals surface area contributed by atoms with Gasteiger partial charge in [0.25, 0.3) is 0 Å². The molecule has 1 fully saturated rings. The molecule has 0 aliphatic carbocycles. The van der Waals surface area contributed by atoms with Gasteiger partial charge in [0.05, 0.1) is 12.6 Å². The first-order valence-electron chi connectivity index (χ1n) is 6.96. The van der Waals surface area contributed by atoms with Crippen molar-refractivity contribution in [2.45, 2.75) is 39.3 Å². The molecule has 1 aromatic rings. The molecule has 1 saturated heterocycles. The number of urea groups is 1. The molecule has 2 rings (SSSR count). The average molecular weight is 278 g/mol. The van der Waals surface area contributed by atoms with Crippen LogP contribution < -0.4 is 5.32 Å². The molecule has 0 spiro atoms. The molecule has 2 amide bonds. The van der Waals surface area contributed by atoms with E-state index in [1.807, 2.05) is 19.9 Å². The summed E-state index contributed by atoms with van der Waals surface area (Å²) in [6.07, 6.45) is 2.28. The first-order valence-corrected chi connectivity index (χ1v) is 6.96. The number of carbonyl (C=O) groups is 1. The van der Waals surface area contributed by atoms with Gasteiger partial charge in [-0.15, -0.1) is 0 Å². The SMILES string of the molecule is Cc1cc(C)nc(CNC(=O)N(C)CC2CCCO2)n1. The topological polar surface area (TPSA) is 67.4 Å². The van der Waals surface area contributed by atoms with Crippen LogP contribution in [0.4, 0.5) is 4.79 Å². The number of nitrogens with one attached hydrogen (secondary N) is 1. The lowest BCUT2D eigenvalue weighted by atomic mass is 10.2. The van der Waals surface area contributed by atoms with Gasteiger partial charge in [0.15, 0.2) is 0 Å². The third-order valence-electron chi connectivity index (χ3n) is 3.27. The molecule has 20 heavy (non-hydrogen) atoms. The van der Waals surface area contributed by atoms with E-state index in [0.29, 0.717) is 18.9 Å². The van der Waals surface area contributed by atoms with E-state index in [1.165, 1.54) is 0 Å². The molecule has 2 heterocycles. The molecule has 6 nitrogen and oxygen atoms in total. The Morgan fingerprint density at radius 3 is 2.75 bits per heavy atom. The number of amides is 2. The van der Waals surface area contributed by atoms with Crippen molar-refractivity contribution in [2.75, 3.05) is 20.2 Å². The number of hydrogen-bond acceptors (Lipinski definition) is 4. The highest BCUT2D eigenvalue weighted by molar-refractivity contribution is 5.73. The Kier molecular flexibility index (Phi) is 4.89. The minimum Gasteiger partial charge on any atom is -0.376 e. The number of aryl methyl sites for hydroxylation is 2. The zero-order valence-electron chi connectivity index (χ0n) is 12.3. The monoisotopic (exact) mass is 278 g/mol. The number of hydrogen-bond donors (Lipinski definition) is 1. The predicted octanol–water partition coefficient (Wildman–Crippen LogP) is 1.41. The van der Waals surface area contributed by atoms with E-state index in [0.717, 1.165) is 30.8 Å². The van der Waals surface area contributed by atoms with Crippen molar-refractivity contribution in [3.05, 3.63) is 23.3 Å². The van der Waals surface area contributed by atoms with Gasteiger partial charge in [-0.05, 0) is 32.8 Å². The summed E-state index contributed by atoms with van der Waals surface area (Å²) in [7, 11) is 1.78. The highest BCUT2D eigenvalue weighted by Crippen LogP contribution is 2.12. The minimum absolute atomic E-state index is 0.122. The van der Waals surface area contributed by atoms with Crippen LogP contribution in [0.5, 0.6) is 0 Å².